The summed E-state index contributed by atoms with van der Waals surface area (Å²) in [4.78, 5) is 47.8. The summed E-state index contributed by atoms with van der Waals surface area (Å²) >= 11 is 0. The molecule has 2 aromatic carbocycles. The number of benzene rings is 2. The van der Waals surface area contributed by atoms with E-state index in [-0.39, 0.29) is 56.2 Å². The van der Waals surface area contributed by atoms with E-state index in [2.05, 4.69) is 10.3 Å². The Hall–Kier alpha value is -4.97. The molecule has 12 heteroatoms. The van der Waals surface area contributed by atoms with Gasteiger partial charge in [-0.2, -0.15) is 4.39 Å². The summed E-state index contributed by atoms with van der Waals surface area (Å²) in [7, 11) is 1.57. The number of likely N-dealkylation sites (tertiary alicyclic amines) is 1. The average molecular weight is 642 g/mol. The molecule has 3 amide bonds. The van der Waals surface area contributed by atoms with Gasteiger partial charge in [-0.1, -0.05) is 24.3 Å². The van der Waals surface area contributed by atoms with Crippen molar-refractivity contribution in [3.8, 4) is 17.2 Å². The van der Waals surface area contributed by atoms with Gasteiger partial charge >= 0.3 is 0 Å². The Kier molecular flexibility index (Phi) is 8.27. The zero-order valence-electron chi connectivity index (χ0n) is 26.3. The molecule has 1 saturated carbocycles. The Morgan fingerprint density at radius 2 is 1.89 bits per heavy atom. The molecule has 2 atom stereocenters. The Bertz CT molecular complexity index is 1860. The van der Waals surface area contributed by atoms with Crippen LogP contribution in [-0.4, -0.2) is 81.8 Å². The van der Waals surface area contributed by atoms with Gasteiger partial charge in [0.05, 0.1) is 32.4 Å². The molecular formula is C35H36FN5O6. The van der Waals surface area contributed by atoms with Crippen molar-refractivity contribution in [2.24, 2.45) is 0 Å². The van der Waals surface area contributed by atoms with Crippen molar-refractivity contribution in [3.05, 3.63) is 89.1 Å². The Morgan fingerprint density at radius 3 is 2.70 bits per heavy atom. The van der Waals surface area contributed by atoms with Crippen molar-refractivity contribution >= 4 is 23.4 Å². The quantitative estimate of drug-likeness (QED) is 0.359. The highest BCUT2D eigenvalue weighted by atomic mass is 19.1. The first-order valence-corrected chi connectivity index (χ1v) is 15.8. The van der Waals surface area contributed by atoms with Crippen LogP contribution in [0.2, 0.25) is 0 Å². The molecule has 0 unspecified atom stereocenters. The third-order valence-corrected chi connectivity index (χ3v) is 8.88. The predicted octanol–water partition coefficient (Wildman–Crippen LogP) is 4.05. The maximum absolute atomic E-state index is 15.4. The Labute approximate surface area is 271 Å². The number of methoxy groups -OCH3 is 1. The molecule has 0 radical (unpaired) electrons. The molecule has 0 spiro atoms. The van der Waals surface area contributed by atoms with Crippen LogP contribution in [0.4, 0.5) is 4.39 Å². The van der Waals surface area contributed by atoms with Gasteiger partial charge in [0, 0.05) is 31.7 Å². The molecule has 47 heavy (non-hydrogen) atoms. The van der Waals surface area contributed by atoms with Crippen molar-refractivity contribution < 1.29 is 33.0 Å². The lowest BCUT2D eigenvalue weighted by atomic mass is 10.1. The number of carbonyl (C=O) groups excluding carboxylic acids is 3. The van der Waals surface area contributed by atoms with Crippen molar-refractivity contribution in [2.75, 3.05) is 26.7 Å². The monoisotopic (exact) mass is 641 g/mol. The molecule has 1 saturated heterocycles. The van der Waals surface area contributed by atoms with E-state index in [0.717, 1.165) is 29.5 Å². The number of nitrogens with zero attached hydrogens (tertiary/aromatic N) is 4. The molecule has 5 heterocycles. The minimum absolute atomic E-state index is 0.0225. The van der Waals surface area contributed by atoms with Crippen molar-refractivity contribution in [1.82, 2.24) is 24.5 Å². The van der Waals surface area contributed by atoms with Crippen LogP contribution in [0, 0.1) is 12.9 Å². The third-order valence-electron chi connectivity index (χ3n) is 8.88. The molecule has 8 rings (SSSR count). The molecule has 1 N–H and O–H groups in total. The number of hydrogen-bond donors (Lipinski definition) is 1. The highest BCUT2D eigenvalue weighted by Gasteiger charge is 2.40. The van der Waals surface area contributed by atoms with Gasteiger partial charge in [0.2, 0.25) is 17.8 Å². The maximum Gasteiger partial charge on any atom is 0.277 e. The average Bonchev–Trinajstić information content (AvgIpc) is 3.76. The van der Waals surface area contributed by atoms with Crippen LogP contribution in [0.15, 0.2) is 60.8 Å². The lowest BCUT2D eigenvalue weighted by molar-refractivity contribution is -0.137. The number of rotatable bonds is 3. The van der Waals surface area contributed by atoms with E-state index >= 15 is 4.39 Å². The largest absolute Gasteiger partial charge is 0.493 e. The summed E-state index contributed by atoms with van der Waals surface area (Å²) in [5, 5.41) is 3.02. The first-order valence-electron chi connectivity index (χ1n) is 15.8. The maximum atomic E-state index is 15.4. The SMILES string of the molecule is COc1cc2ccc1Oc1cccc(c1)CO[C@H]1CN(C(=O)c3nc4ccc(C)cn4c3F)C[C@@H]1NC(=O)CN(C1CC1)C(=O)CC2. The number of ether oxygens (including phenoxy) is 3. The van der Waals surface area contributed by atoms with Crippen LogP contribution in [0.5, 0.6) is 17.2 Å². The van der Waals surface area contributed by atoms with E-state index in [9.17, 15) is 14.4 Å². The molecule has 2 fully saturated rings. The van der Waals surface area contributed by atoms with E-state index in [1.807, 2.05) is 49.4 Å². The summed E-state index contributed by atoms with van der Waals surface area (Å²) in [5.74, 6) is -0.120. The highest BCUT2D eigenvalue weighted by Crippen LogP contribution is 2.34. The minimum Gasteiger partial charge on any atom is -0.493 e. The van der Waals surface area contributed by atoms with Crippen LogP contribution in [-0.2, 0) is 27.4 Å². The van der Waals surface area contributed by atoms with Crippen molar-refractivity contribution in [3.63, 3.8) is 0 Å². The number of pyridine rings is 1. The van der Waals surface area contributed by atoms with E-state index < -0.39 is 24.0 Å². The Morgan fingerprint density at radius 1 is 1.04 bits per heavy atom. The van der Waals surface area contributed by atoms with Crippen molar-refractivity contribution in [1.29, 1.82) is 0 Å². The summed E-state index contributed by atoms with van der Waals surface area (Å²) in [6, 6.07) is 15.9. The van der Waals surface area contributed by atoms with Gasteiger partial charge in [0.1, 0.15) is 11.4 Å². The highest BCUT2D eigenvalue weighted by molar-refractivity contribution is 5.93. The predicted molar refractivity (Wildman–Crippen MR) is 169 cm³/mol. The number of aryl methyl sites for hydroxylation is 2. The second-order valence-corrected chi connectivity index (χ2v) is 12.4. The van der Waals surface area contributed by atoms with E-state index in [4.69, 9.17) is 14.2 Å². The lowest BCUT2D eigenvalue weighted by Gasteiger charge is -2.25. The standard InChI is InChI=1S/C35H36FN5O6/c1-21-6-12-30-38-33(34(36)41(30)16-21)35(44)39-17-26-29(18-39)46-20-23-4-3-5-25(14-23)47-27-11-7-22(15-28(27)45-2)8-13-32(43)40(24-9-10-24)19-31(42)37-26/h3-7,11-12,14-16,24,26,29H,8-10,13,17-20H2,1-2H3,(H,37,42)/t26-,29-/m0/s1. The van der Waals surface area contributed by atoms with Gasteiger partial charge in [-0.25, -0.2) is 4.98 Å². The fraction of sp³-hybridized carbons (Fsp3) is 0.371. The van der Waals surface area contributed by atoms with Gasteiger partial charge in [0.25, 0.3) is 5.91 Å². The number of fused-ring (bicyclic) bond motifs is 10. The summed E-state index contributed by atoms with van der Waals surface area (Å²) in [5.41, 5.74) is 2.60. The molecule has 4 bridgehead atoms. The van der Waals surface area contributed by atoms with E-state index in [1.54, 1.807) is 30.3 Å². The van der Waals surface area contributed by atoms with Gasteiger partial charge in [0.15, 0.2) is 17.2 Å². The van der Waals surface area contributed by atoms with Gasteiger partial charge in [-0.3, -0.25) is 18.8 Å². The Balaban J connectivity index is 1.17. The zero-order chi connectivity index (χ0) is 32.7. The van der Waals surface area contributed by atoms with Gasteiger partial charge in [-0.15, -0.1) is 0 Å². The molecule has 11 nitrogen and oxygen atoms in total. The van der Waals surface area contributed by atoms with Crippen LogP contribution in [0.1, 0.15) is 46.4 Å². The topological polar surface area (TPSA) is 115 Å². The van der Waals surface area contributed by atoms with Gasteiger partial charge in [-0.05, 0) is 73.2 Å². The summed E-state index contributed by atoms with van der Waals surface area (Å²) in [6.45, 7) is 2.11. The van der Waals surface area contributed by atoms with Crippen LogP contribution >= 0.6 is 0 Å². The lowest BCUT2D eigenvalue weighted by Crippen LogP contribution is -2.49. The second-order valence-electron chi connectivity index (χ2n) is 12.4. The smallest absolute Gasteiger partial charge is 0.277 e. The van der Waals surface area contributed by atoms with Crippen LogP contribution in [0.3, 0.4) is 0 Å². The number of amides is 3. The molecule has 1 aliphatic carbocycles. The number of aromatic nitrogens is 2. The fourth-order valence-corrected chi connectivity index (χ4v) is 6.25. The summed E-state index contributed by atoms with van der Waals surface area (Å²) in [6.07, 6.45) is 3.39. The summed E-state index contributed by atoms with van der Waals surface area (Å²) < 4.78 is 34.7. The molecular weight excluding hydrogens is 605 g/mol. The molecule has 244 valence electrons. The number of hydrogen-bond acceptors (Lipinski definition) is 7. The molecule has 2 aromatic heterocycles. The number of imidazole rings is 1. The second kappa shape index (κ2) is 12.7. The zero-order valence-corrected chi connectivity index (χ0v) is 26.3. The number of nitrogens with one attached hydrogen (secondary N) is 1. The van der Waals surface area contributed by atoms with E-state index in [1.165, 1.54) is 9.30 Å². The first-order chi connectivity index (χ1) is 22.7. The molecule has 4 aliphatic rings. The van der Waals surface area contributed by atoms with Crippen molar-refractivity contribution in [2.45, 2.75) is 57.4 Å². The molecule has 4 aromatic rings. The van der Waals surface area contributed by atoms with Gasteiger partial charge < -0.3 is 29.3 Å². The number of carbonyl (C=O) groups is 3. The fourth-order valence-electron chi connectivity index (χ4n) is 6.25. The number of halogens is 1. The molecule has 3 aliphatic heterocycles. The minimum atomic E-state index is -0.742. The van der Waals surface area contributed by atoms with Crippen LogP contribution < -0.4 is 14.8 Å². The van der Waals surface area contributed by atoms with E-state index in [0.29, 0.717) is 29.3 Å². The van der Waals surface area contributed by atoms with Crippen LogP contribution in [0.25, 0.3) is 5.65 Å². The normalized spacial score (nSPS) is 20.7. The third kappa shape index (κ3) is 6.50. The first kappa shape index (κ1) is 30.7.